The summed E-state index contributed by atoms with van der Waals surface area (Å²) in [6.07, 6.45) is 54.9. The third-order valence-electron chi connectivity index (χ3n) is 7.51. The summed E-state index contributed by atoms with van der Waals surface area (Å²) in [7, 11) is 0. The second-order valence-electron chi connectivity index (χ2n) is 11.9. The van der Waals surface area contributed by atoms with Gasteiger partial charge in [0, 0.05) is 6.42 Å². The predicted octanol–water partition coefficient (Wildman–Crippen LogP) is 11.1. The fourth-order valence-electron chi connectivity index (χ4n) is 4.71. The van der Waals surface area contributed by atoms with E-state index in [1.54, 1.807) is 6.08 Å². The summed E-state index contributed by atoms with van der Waals surface area (Å²) in [5.41, 5.74) is 0. The van der Waals surface area contributed by atoms with E-state index >= 15 is 0 Å². The number of aliphatic hydroxyl groups excluding tert-OH is 2. The maximum atomic E-state index is 12.3. The Hall–Kier alpha value is -2.69. The number of unbranched alkanes of at least 4 members (excludes halogenated alkanes) is 10. The van der Waals surface area contributed by atoms with Crippen LogP contribution in [-0.4, -0.2) is 34.9 Å². The fraction of sp³-hybridized carbons (Fsp3) is 0.595. The molecule has 1 amide bonds. The number of rotatable bonds is 31. The van der Waals surface area contributed by atoms with Gasteiger partial charge in [0.1, 0.15) is 0 Å². The van der Waals surface area contributed by atoms with Crippen LogP contribution in [0.3, 0.4) is 0 Å². The van der Waals surface area contributed by atoms with Crippen LogP contribution in [0.5, 0.6) is 0 Å². The van der Waals surface area contributed by atoms with Crippen LogP contribution in [0.4, 0.5) is 0 Å². The number of hydrogen-bond acceptors (Lipinski definition) is 3. The van der Waals surface area contributed by atoms with Gasteiger partial charge in [-0.15, -0.1) is 0 Å². The molecule has 0 aromatic carbocycles. The molecule has 0 radical (unpaired) electrons. The normalized spacial score (nSPS) is 14.3. The van der Waals surface area contributed by atoms with Crippen LogP contribution in [0, 0.1) is 0 Å². The highest BCUT2D eigenvalue weighted by atomic mass is 16.3. The first-order valence-electron chi connectivity index (χ1n) is 18.5. The van der Waals surface area contributed by atoms with Crippen molar-refractivity contribution in [2.75, 3.05) is 6.61 Å². The van der Waals surface area contributed by atoms with Crippen molar-refractivity contribution in [2.45, 2.75) is 154 Å². The van der Waals surface area contributed by atoms with Crippen LogP contribution >= 0.6 is 0 Å². The zero-order chi connectivity index (χ0) is 33.6. The van der Waals surface area contributed by atoms with Crippen molar-refractivity contribution < 1.29 is 15.0 Å². The Bertz CT molecular complexity index is 906. The number of allylic oxidation sites excluding steroid dienone is 15. The summed E-state index contributed by atoms with van der Waals surface area (Å²) in [4.78, 5) is 12.3. The summed E-state index contributed by atoms with van der Waals surface area (Å²) in [5, 5.41) is 22.8. The highest BCUT2D eigenvalue weighted by Crippen LogP contribution is 2.11. The van der Waals surface area contributed by atoms with Crippen LogP contribution in [0.25, 0.3) is 0 Å². The topological polar surface area (TPSA) is 69.6 Å². The average molecular weight is 636 g/mol. The molecule has 2 atom stereocenters. The van der Waals surface area contributed by atoms with E-state index in [1.165, 1.54) is 32.1 Å². The van der Waals surface area contributed by atoms with Crippen molar-refractivity contribution in [3.05, 3.63) is 97.2 Å². The van der Waals surface area contributed by atoms with Crippen LogP contribution in [0.2, 0.25) is 0 Å². The summed E-state index contributed by atoms with van der Waals surface area (Å²) < 4.78 is 0. The molecule has 0 saturated carbocycles. The summed E-state index contributed by atoms with van der Waals surface area (Å²) in [6.45, 7) is 4.07. The second-order valence-corrected chi connectivity index (χ2v) is 11.9. The Kier molecular flexibility index (Phi) is 34.6. The Labute approximate surface area is 283 Å². The minimum absolute atomic E-state index is 0.0977. The average Bonchev–Trinajstić information content (AvgIpc) is 3.06. The number of carbonyl (C=O) groups excluding carboxylic acids is 1. The van der Waals surface area contributed by atoms with Crippen LogP contribution in [-0.2, 0) is 4.79 Å². The molecule has 0 aromatic rings. The lowest BCUT2D eigenvalue weighted by Crippen LogP contribution is -2.45. The van der Waals surface area contributed by atoms with E-state index < -0.39 is 12.1 Å². The molecule has 0 aliphatic heterocycles. The van der Waals surface area contributed by atoms with Gasteiger partial charge in [0.2, 0.25) is 5.91 Å². The zero-order valence-electron chi connectivity index (χ0n) is 29.5. The number of carbonyl (C=O) groups is 1. The van der Waals surface area contributed by atoms with Crippen molar-refractivity contribution in [2.24, 2.45) is 0 Å². The Morgan fingerprint density at radius 1 is 0.543 bits per heavy atom. The quantitative estimate of drug-likeness (QED) is 0.0524. The maximum Gasteiger partial charge on any atom is 0.220 e. The molecule has 46 heavy (non-hydrogen) atoms. The highest BCUT2D eigenvalue weighted by Gasteiger charge is 2.17. The molecule has 0 spiro atoms. The molecular formula is C42H69NO3. The van der Waals surface area contributed by atoms with Gasteiger partial charge in [-0.25, -0.2) is 0 Å². The smallest absolute Gasteiger partial charge is 0.220 e. The molecule has 0 aliphatic carbocycles. The van der Waals surface area contributed by atoms with Gasteiger partial charge in [-0.1, -0.05) is 150 Å². The van der Waals surface area contributed by atoms with Gasteiger partial charge in [0.15, 0.2) is 0 Å². The standard InChI is InChI=1S/C42H69NO3/c1-3-5-7-9-11-13-15-16-17-18-19-20-21-22-23-24-25-26-28-30-32-34-36-38-42(46)43-40(39-44)41(45)37-35-33-31-29-27-14-12-10-8-6-4-2/h5,7-8,10-11,13,16-17,19-20,22-23,27,29,35,37,40-41,44-45H,3-4,6,9,12,14-15,18,21,24-26,28,30-34,36,38-39H2,1-2H3,(H,43,46)/b7-5-,10-8+,13-11-,17-16-,20-19-,23-22-,29-27+,37-35+. The summed E-state index contributed by atoms with van der Waals surface area (Å²) >= 11 is 0. The Morgan fingerprint density at radius 2 is 0.978 bits per heavy atom. The molecule has 2 unspecified atom stereocenters. The fourth-order valence-corrected chi connectivity index (χ4v) is 4.71. The highest BCUT2D eigenvalue weighted by molar-refractivity contribution is 5.76. The summed E-state index contributed by atoms with van der Waals surface area (Å²) in [5.74, 6) is -0.0977. The second kappa shape index (κ2) is 36.8. The lowest BCUT2D eigenvalue weighted by molar-refractivity contribution is -0.123. The Balaban J connectivity index is 3.72. The summed E-state index contributed by atoms with van der Waals surface area (Å²) in [6, 6.07) is -0.655. The molecule has 0 rings (SSSR count). The third kappa shape index (κ3) is 32.7. The number of hydrogen-bond donors (Lipinski definition) is 3. The zero-order valence-corrected chi connectivity index (χ0v) is 29.5. The van der Waals surface area contributed by atoms with Gasteiger partial charge in [-0.05, 0) is 83.5 Å². The van der Waals surface area contributed by atoms with E-state index in [0.717, 1.165) is 89.9 Å². The van der Waals surface area contributed by atoms with Crippen molar-refractivity contribution in [1.29, 1.82) is 0 Å². The van der Waals surface area contributed by atoms with Gasteiger partial charge in [0.05, 0.1) is 18.8 Å². The molecule has 4 nitrogen and oxygen atoms in total. The molecule has 0 bridgehead atoms. The van der Waals surface area contributed by atoms with Gasteiger partial charge in [-0.2, -0.15) is 0 Å². The van der Waals surface area contributed by atoms with Crippen LogP contribution in [0.1, 0.15) is 142 Å². The predicted molar refractivity (Wildman–Crippen MR) is 202 cm³/mol. The van der Waals surface area contributed by atoms with Crippen molar-refractivity contribution in [3.63, 3.8) is 0 Å². The minimum atomic E-state index is -0.878. The van der Waals surface area contributed by atoms with E-state index in [4.69, 9.17) is 0 Å². The van der Waals surface area contributed by atoms with Gasteiger partial charge in [-0.3, -0.25) is 4.79 Å². The number of aliphatic hydroxyl groups is 2. The maximum absolute atomic E-state index is 12.3. The lowest BCUT2D eigenvalue weighted by atomic mass is 10.1. The molecule has 260 valence electrons. The van der Waals surface area contributed by atoms with E-state index in [9.17, 15) is 15.0 Å². The first-order chi connectivity index (χ1) is 22.7. The van der Waals surface area contributed by atoms with Crippen molar-refractivity contribution in [1.82, 2.24) is 5.32 Å². The van der Waals surface area contributed by atoms with Crippen LogP contribution < -0.4 is 5.32 Å². The largest absolute Gasteiger partial charge is 0.394 e. The molecule has 0 heterocycles. The molecule has 0 saturated heterocycles. The van der Waals surface area contributed by atoms with Gasteiger partial charge < -0.3 is 15.5 Å². The lowest BCUT2D eigenvalue weighted by Gasteiger charge is -2.19. The third-order valence-corrected chi connectivity index (χ3v) is 7.51. The molecule has 3 N–H and O–H groups in total. The molecule has 0 aliphatic rings. The number of amides is 1. The minimum Gasteiger partial charge on any atom is -0.394 e. The van der Waals surface area contributed by atoms with Crippen molar-refractivity contribution in [3.8, 4) is 0 Å². The van der Waals surface area contributed by atoms with Crippen LogP contribution in [0.15, 0.2) is 97.2 Å². The van der Waals surface area contributed by atoms with E-state index in [2.05, 4.69) is 104 Å². The number of nitrogens with one attached hydrogen (secondary N) is 1. The first kappa shape index (κ1) is 43.3. The van der Waals surface area contributed by atoms with Gasteiger partial charge in [0.25, 0.3) is 0 Å². The molecule has 0 aromatic heterocycles. The van der Waals surface area contributed by atoms with E-state index in [0.29, 0.717) is 6.42 Å². The SMILES string of the molecule is CC/C=C\C/C=C\C/C=C\C/C=C\C/C=C\CCCCCCCCCC(=O)NC(CO)C(O)/C=C/CC/C=C/CC/C=C/CCC. The molecule has 4 heteroatoms. The Morgan fingerprint density at radius 3 is 1.50 bits per heavy atom. The van der Waals surface area contributed by atoms with Crippen molar-refractivity contribution >= 4 is 5.91 Å². The van der Waals surface area contributed by atoms with E-state index in [1.807, 2.05) is 6.08 Å². The monoisotopic (exact) mass is 636 g/mol. The molecular weight excluding hydrogens is 566 g/mol. The first-order valence-corrected chi connectivity index (χ1v) is 18.5. The molecule has 0 fully saturated rings. The van der Waals surface area contributed by atoms with E-state index in [-0.39, 0.29) is 12.5 Å². The van der Waals surface area contributed by atoms with Gasteiger partial charge >= 0.3 is 0 Å².